The molecule has 27 heavy (non-hydrogen) atoms. The van der Waals surface area contributed by atoms with Crippen molar-refractivity contribution in [3.05, 3.63) is 12.4 Å². The Morgan fingerprint density at radius 3 is 2.63 bits per heavy atom. The van der Waals surface area contributed by atoms with Gasteiger partial charge in [0.1, 0.15) is 12.1 Å². The third-order valence-corrected chi connectivity index (χ3v) is 5.30. The van der Waals surface area contributed by atoms with Crippen LogP contribution in [0.5, 0.6) is 5.88 Å². The van der Waals surface area contributed by atoms with Crippen molar-refractivity contribution in [2.75, 3.05) is 44.2 Å². The summed E-state index contributed by atoms with van der Waals surface area (Å²) >= 11 is 0. The highest BCUT2D eigenvalue weighted by Gasteiger charge is 2.23. The number of hydrogen-bond donors (Lipinski definition) is 1. The number of amides is 1. The molecule has 1 aromatic rings. The Bertz CT molecular complexity index is 596. The Labute approximate surface area is 162 Å². The first-order valence-electron chi connectivity index (χ1n) is 10.3. The fraction of sp³-hybridized carbons (Fsp3) is 0.750. The molecule has 3 rings (SSSR count). The maximum absolute atomic E-state index is 12.5. The lowest BCUT2D eigenvalue weighted by atomic mass is 9.95. The molecule has 0 bridgehead atoms. The van der Waals surface area contributed by atoms with Crippen LogP contribution in [-0.2, 0) is 4.79 Å². The number of hydrogen-bond acceptors (Lipinski definition) is 6. The van der Waals surface area contributed by atoms with Crippen LogP contribution in [0, 0.1) is 5.92 Å². The number of carbonyl (C=O) groups is 1. The van der Waals surface area contributed by atoms with E-state index < -0.39 is 0 Å². The molecule has 1 amide bonds. The molecule has 2 aliphatic rings. The predicted molar refractivity (Wildman–Crippen MR) is 106 cm³/mol. The monoisotopic (exact) mass is 375 g/mol. The number of rotatable bonds is 7. The smallest absolute Gasteiger partial charge is 0.236 e. The van der Waals surface area contributed by atoms with Crippen molar-refractivity contribution in [1.29, 1.82) is 0 Å². The van der Waals surface area contributed by atoms with E-state index in [4.69, 9.17) is 4.74 Å². The Kier molecular flexibility index (Phi) is 7.26. The lowest BCUT2D eigenvalue weighted by Gasteiger charge is -2.35. The fourth-order valence-electron chi connectivity index (χ4n) is 3.67. The SMILES string of the molecule is CC(C)COc1cc(N2CCN(C(=O)CNC3CCCCC3)CC2)ncn1. The van der Waals surface area contributed by atoms with Gasteiger partial charge < -0.3 is 19.9 Å². The second kappa shape index (κ2) is 9.88. The third kappa shape index (κ3) is 6.06. The van der Waals surface area contributed by atoms with Gasteiger partial charge in [-0.2, -0.15) is 0 Å². The highest BCUT2D eigenvalue weighted by molar-refractivity contribution is 5.78. The van der Waals surface area contributed by atoms with Crippen molar-refractivity contribution in [2.45, 2.75) is 52.0 Å². The molecule has 1 N–H and O–H groups in total. The first-order valence-corrected chi connectivity index (χ1v) is 10.3. The van der Waals surface area contributed by atoms with E-state index in [9.17, 15) is 4.79 Å². The van der Waals surface area contributed by atoms with Crippen LogP contribution >= 0.6 is 0 Å². The van der Waals surface area contributed by atoms with Crippen LogP contribution in [0.4, 0.5) is 5.82 Å². The van der Waals surface area contributed by atoms with Crippen molar-refractivity contribution in [2.24, 2.45) is 5.92 Å². The summed E-state index contributed by atoms with van der Waals surface area (Å²) in [6.45, 7) is 8.38. The van der Waals surface area contributed by atoms with Gasteiger partial charge in [-0.1, -0.05) is 33.1 Å². The van der Waals surface area contributed by atoms with Gasteiger partial charge in [0.05, 0.1) is 13.2 Å². The average molecular weight is 376 g/mol. The molecule has 1 aliphatic heterocycles. The Balaban J connectivity index is 1.44. The quantitative estimate of drug-likeness (QED) is 0.787. The van der Waals surface area contributed by atoms with E-state index in [2.05, 4.69) is 34.0 Å². The minimum Gasteiger partial charge on any atom is -0.477 e. The summed E-state index contributed by atoms with van der Waals surface area (Å²) in [6, 6.07) is 2.42. The summed E-state index contributed by atoms with van der Waals surface area (Å²) in [6.07, 6.45) is 7.86. The number of ether oxygens (including phenoxy) is 1. The number of nitrogens with zero attached hydrogens (tertiary/aromatic N) is 4. The fourth-order valence-corrected chi connectivity index (χ4v) is 3.67. The molecule has 0 radical (unpaired) electrons. The summed E-state index contributed by atoms with van der Waals surface area (Å²) in [4.78, 5) is 25.2. The van der Waals surface area contributed by atoms with E-state index in [0.29, 0.717) is 31.0 Å². The normalized spacial score (nSPS) is 18.8. The Hall–Kier alpha value is -1.89. The van der Waals surface area contributed by atoms with E-state index in [1.165, 1.54) is 32.1 Å². The molecular formula is C20H33N5O2. The summed E-state index contributed by atoms with van der Waals surface area (Å²) in [7, 11) is 0. The van der Waals surface area contributed by atoms with Gasteiger partial charge in [-0.25, -0.2) is 9.97 Å². The van der Waals surface area contributed by atoms with Crippen LogP contribution < -0.4 is 15.0 Å². The first kappa shape index (κ1) is 19.9. The number of carbonyl (C=O) groups excluding carboxylic acids is 1. The molecule has 1 saturated carbocycles. The van der Waals surface area contributed by atoms with Crippen LogP contribution in [0.25, 0.3) is 0 Å². The number of anilines is 1. The van der Waals surface area contributed by atoms with Crippen molar-refractivity contribution < 1.29 is 9.53 Å². The first-order chi connectivity index (χ1) is 13.1. The maximum Gasteiger partial charge on any atom is 0.236 e. The van der Waals surface area contributed by atoms with Crippen molar-refractivity contribution in [3.8, 4) is 5.88 Å². The number of piperazine rings is 1. The van der Waals surface area contributed by atoms with Crippen LogP contribution in [0.15, 0.2) is 12.4 Å². The largest absolute Gasteiger partial charge is 0.477 e. The summed E-state index contributed by atoms with van der Waals surface area (Å²) in [5.74, 6) is 2.16. The van der Waals surface area contributed by atoms with Gasteiger partial charge in [0.15, 0.2) is 0 Å². The van der Waals surface area contributed by atoms with E-state index in [1.807, 2.05) is 11.0 Å². The topological polar surface area (TPSA) is 70.6 Å². The van der Waals surface area contributed by atoms with Crippen LogP contribution in [0.1, 0.15) is 46.0 Å². The zero-order valence-electron chi connectivity index (χ0n) is 16.7. The summed E-state index contributed by atoms with van der Waals surface area (Å²) in [5.41, 5.74) is 0. The molecule has 1 aromatic heterocycles. The van der Waals surface area contributed by atoms with Gasteiger partial charge in [0.2, 0.25) is 11.8 Å². The molecule has 0 spiro atoms. The van der Waals surface area contributed by atoms with Crippen LogP contribution in [0.3, 0.4) is 0 Å². The van der Waals surface area contributed by atoms with Crippen molar-refractivity contribution >= 4 is 11.7 Å². The van der Waals surface area contributed by atoms with Crippen LogP contribution in [-0.4, -0.2) is 66.1 Å². The second-order valence-corrected chi connectivity index (χ2v) is 8.00. The van der Waals surface area contributed by atoms with Crippen molar-refractivity contribution in [1.82, 2.24) is 20.2 Å². The molecule has 2 fully saturated rings. The standard InChI is InChI=1S/C20H33N5O2/c1-16(2)14-27-19-12-18(22-15-23-19)24-8-10-25(11-9-24)20(26)13-21-17-6-4-3-5-7-17/h12,15-17,21H,3-11,13-14H2,1-2H3. The molecule has 7 heteroatoms. The highest BCUT2D eigenvalue weighted by atomic mass is 16.5. The maximum atomic E-state index is 12.5. The van der Waals surface area contributed by atoms with Gasteiger partial charge in [-0.15, -0.1) is 0 Å². The van der Waals surface area contributed by atoms with E-state index in [0.717, 1.165) is 32.0 Å². The highest BCUT2D eigenvalue weighted by Crippen LogP contribution is 2.19. The zero-order valence-corrected chi connectivity index (χ0v) is 16.7. The minimum absolute atomic E-state index is 0.212. The molecule has 0 aromatic carbocycles. The van der Waals surface area contributed by atoms with Crippen LogP contribution in [0.2, 0.25) is 0 Å². The molecule has 1 saturated heterocycles. The van der Waals surface area contributed by atoms with Gasteiger partial charge >= 0.3 is 0 Å². The second-order valence-electron chi connectivity index (χ2n) is 8.00. The Morgan fingerprint density at radius 1 is 1.19 bits per heavy atom. The van der Waals surface area contributed by atoms with E-state index in [-0.39, 0.29) is 5.91 Å². The molecule has 1 aliphatic carbocycles. The lowest BCUT2D eigenvalue weighted by Crippen LogP contribution is -2.51. The summed E-state index contributed by atoms with van der Waals surface area (Å²) < 4.78 is 5.70. The number of aromatic nitrogens is 2. The molecule has 0 atom stereocenters. The Morgan fingerprint density at radius 2 is 1.93 bits per heavy atom. The van der Waals surface area contributed by atoms with Gasteiger partial charge in [-0.05, 0) is 18.8 Å². The van der Waals surface area contributed by atoms with Crippen molar-refractivity contribution in [3.63, 3.8) is 0 Å². The molecular weight excluding hydrogens is 342 g/mol. The van der Waals surface area contributed by atoms with Gasteiger partial charge in [0, 0.05) is 38.3 Å². The zero-order chi connectivity index (χ0) is 19.1. The molecule has 7 nitrogen and oxygen atoms in total. The lowest BCUT2D eigenvalue weighted by molar-refractivity contribution is -0.130. The molecule has 0 unspecified atom stereocenters. The van der Waals surface area contributed by atoms with Gasteiger partial charge in [-0.3, -0.25) is 4.79 Å². The molecule has 150 valence electrons. The van der Waals surface area contributed by atoms with Gasteiger partial charge in [0.25, 0.3) is 0 Å². The number of nitrogens with one attached hydrogen (secondary N) is 1. The third-order valence-electron chi connectivity index (χ3n) is 5.30. The predicted octanol–water partition coefficient (Wildman–Crippen LogP) is 2.08. The minimum atomic E-state index is 0.212. The average Bonchev–Trinajstić information content (AvgIpc) is 2.71. The van der Waals surface area contributed by atoms with E-state index >= 15 is 0 Å². The van der Waals surface area contributed by atoms with E-state index in [1.54, 1.807) is 6.33 Å². The molecule has 2 heterocycles. The summed E-state index contributed by atoms with van der Waals surface area (Å²) in [5, 5.41) is 3.45.